The molecule has 4 rings (SSSR count). The highest BCUT2D eigenvalue weighted by molar-refractivity contribution is 14.0. The van der Waals surface area contributed by atoms with Crippen molar-refractivity contribution >= 4 is 52.3 Å². The maximum atomic E-state index is 5.54. The monoisotopic (exact) mass is 571 g/mol. The average Bonchev–Trinajstić information content (AvgIpc) is 3.50. The van der Waals surface area contributed by atoms with E-state index in [9.17, 15) is 0 Å². The molecule has 0 amide bonds. The van der Waals surface area contributed by atoms with Crippen molar-refractivity contribution in [1.82, 2.24) is 19.6 Å². The molecule has 0 radical (unpaired) electrons. The van der Waals surface area contributed by atoms with Gasteiger partial charge in [-0.1, -0.05) is 19.1 Å². The summed E-state index contributed by atoms with van der Waals surface area (Å²) in [6, 6.07) is 8.28. The second-order valence-electron chi connectivity index (χ2n) is 8.02. The molecular weight excluding hydrogens is 537 g/mol. The largest absolute Gasteiger partial charge is 0.495 e. The molecule has 176 valence electrons. The van der Waals surface area contributed by atoms with Gasteiger partial charge in [-0.2, -0.15) is 4.37 Å². The molecule has 1 aromatic carbocycles. The third-order valence-electron chi connectivity index (χ3n) is 6.10. The van der Waals surface area contributed by atoms with Crippen molar-refractivity contribution in [1.29, 1.82) is 0 Å². The Kier molecular flexibility index (Phi) is 9.21. The third-order valence-corrected chi connectivity index (χ3v) is 6.91. The molecule has 2 aromatic rings. The molecule has 1 atom stereocenters. The summed E-state index contributed by atoms with van der Waals surface area (Å²) < 4.78 is 9.96. The second kappa shape index (κ2) is 11.9. The molecule has 1 N–H and O–H groups in total. The van der Waals surface area contributed by atoms with Crippen LogP contribution in [0.2, 0.25) is 0 Å². The molecule has 2 fully saturated rings. The summed E-state index contributed by atoms with van der Waals surface area (Å²) in [5.74, 6) is 3.49. The summed E-state index contributed by atoms with van der Waals surface area (Å²) >= 11 is 1.51. The minimum atomic E-state index is 0. The van der Waals surface area contributed by atoms with Crippen LogP contribution in [0.15, 0.2) is 29.3 Å². The molecular formula is C22H34IN7OS. The first-order valence-electron chi connectivity index (χ1n) is 11.1. The molecule has 32 heavy (non-hydrogen) atoms. The van der Waals surface area contributed by atoms with Gasteiger partial charge in [0.1, 0.15) is 11.6 Å². The van der Waals surface area contributed by atoms with Gasteiger partial charge in [-0.05, 0) is 24.5 Å². The Hall–Kier alpha value is -1.82. The fraction of sp³-hybridized carbons (Fsp3) is 0.591. The van der Waals surface area contributed by atoms with Crippen LogP contribution in [0.3, 0.4) is 0 Å². The number of piperazine rings is 1. The average molecular weight is 572 g/mol. The lowest BCUT2D eigenvalue weighted by Gasteiger charge is -2.36. The van der Waals surface area contributed by atoms with Gasteiger partial charge in [0.15, 0.2) is 5.96 Å². The number of para-hydroxylation sites is 2. The van der Waals surface area contributed by atoms with Crippen LogP contribution < -0.4 is 19.9 Å². The van der Waals surface area contributed by atoms with Crippen LogP contribution in [-0.2, 0) is 6.42 Å². The van der Waals surface area contributed by atoms with Crippen LogP contribution >= 0.6 is 35.5 Å². The van der Waals surface area contributed by atoms with Gasteiger partial charge in [0.05, 0.1) is 12.8 Å². The Morgan fingerprint density at radius 1 is 1.19 bits per heavy atom. The van der Waals surface area contributed by atoms with Crippen molar-refractivity contribution in [3.05, 3.63) is 30.1 Å². The highest BCUT2D eigenvalue weighted by Crippen LogP contribution is 2.31. The van der Waals surface area contributed by atoms with Crippen molar-refractivity contribution in [2.75, 3.05) is 69.8 Å². The van der Waals surface area contributed by atoms with Gasteiger partial charge in [-0.3, -0.25) is 4.99 Å². The molecule has 10 heteroatoms. The van der Waals surface area contributed by atoms with Crippen LogP contribution in [0.5, 0.6) is 5.75 Å². The van der Waals surface area contributed by atoms with E-state index < -0.39 is 0 Å². The smallest absolute Gasteiger partial charge is 0.205 e. The number of benzene rings is 1. The van der Waals surface area contributed by atoms with Gasteiger partial charge < -0.3 is 24.8 Å². The van der Waals surface area contributed by atoms with E-state index in [1.807, 2.05) is 19.2 Å². The minimum Gasteiger partial charge on any atom is -0.495 e. The molecule has 2 aliphatic rings. The number of anilines is 2. The summed E-state index contributed by atoms with van der Waals surface area (Å²) in [6.07, 6.45) is 2.06. The normalized spacial score (nSPS) is 19.2. The van der Waals surface area contributed by atoms with Crippen molar-refractivity contribution in [3.63, 3.8) is 0 Å². The number of nitrogens with zero attached hydrogens (tertiary/aromatic N) is 6. The molecule has 0 bridgehead atoms. The topological polar surface area (TPSA) is 69.1 Å². The van der Waals surface area contributed by atoms with Crippen molar-refractivity contribution < 1.29 is 4.74 Å². The zero-order valence-corrected chi connectivity index (χ0v) is 22.3. The van der Waals surface area contributed by atoms with E-state index in [0.29, 0.717) is 5.92 Å². The molecule has 1 aromatic heterocycles. The van der Waals surface area contributed by atoms with Crippen LogP contribution in [0.1, 0.15) is 19.2 Å². The van der Waals surface area contributed by atoms with Gasteiger partial charge in [0, 0.05) is 70.8 Å². The van der Waals surface area contributed by atoms with Gasteiger partial charge in [-0.15, -0.1) is 24.0 Å². The summed E-state index contributed by atoms with van der Waals surface area (Å²) in [6.45, 7) is 8.92. The maximum absolute atomic E-state index is 5.54. The fourth-order valence-electron chi connectivity index (χ4n) is 4.30. The number of rotatable bonds is 6. The van der Waals surface area contributed by atoms with Gasteiger partial charge >= 0.3 is 0 Å². The van der Waals surface area contributed by atoms with Gasteiger partial charge in [0.2, 0.25) is 5.13 Å². The van der Waals surface area contributed by atoms with E-state index >= 15 is 0 Å². The standard InChI is InChI=1S/C22H33N7OS.HI/c1-4-20-25-22(31-26-20)28-13-11-27(12-14-28)21(23-2)24-15-17-9-10-29(16-17)18-7-5-6-8-19(18)30-3;/h5-8,17H,4,9-16H2,1-3H3,(H,23,24);1H. The Labute approximate surface area is 212 Å². The SMILES string of the molecule is CCc1nsc(N2CCN(C(=NC)NCC3CCN(c4ccccc4OC)C3)CC2)n1.I. The number of aliphatic imine (C=N–C) groups is 1. The number of aromatic nitrogens is 2. The number of hydrogen-bond donors (Lipinski definition) is 1. The Morgan fingerprint density at radius 3 is 2.66 bits per heavy atom. The van der Waals surface area contributed by atoms with Gasteiger partial charge in [0.25, 0.3) is 0 Å². The summed E-state index contributed by atoms with van der Waals surface area (Å²) in [5, 5.41) is 4.67. The van der Waals surface area contributed by atoms with Gasteiger partial charge in [-0.25, -0.2) is 4.98 Å². The zero-order valence-electron chi connectivity index (χ0n) is 19.2. The number of ether oxygens (including phenoxy) is 1. The van der Waals surface area contributed by atoms with E-state index in [-0.39, 0.29) is 24.0 Å². The van der Waals surface area contributed by atoms with E-state index in [4.69, 9.17) is 4.74 Å². The lowest BCUT2D eigenvalue weighted by Crippen LogP contribution is -2.53. The Balaban J connectivity index is 0.00000289. The predicted octanol–water partition coefficient (Wildman–Crippen LogP) is 2.95. The van der Waals surface area contributed by atoms with Crippen LogP contribution in [0, 0.1) is 5.92 Å². The number of nitrogens with one attached hydrogen (secondary N) is 1. The van der Waals surface area contributed by atoms with Crippen LogP contribution in [0.25, 0.3) is 0 Å². The molecule has 0 aliphatic carbocycles. The molecule has 2 aliphatic heterocycles. The van der Waals surface area contributed by atoms with E-state index in [2.05, 4.69) is 53.4 Å². The van der Waals surface area contributed by atoms with E-state index in [1.54, 1.807) is 7.11 Å². The number of guanidine groups is 1. The maximum Gasteiger partial charge on any atom is 0.205 e. The highest BCUT2D eigenvalue weighted by atomic mass is 127. The first-order chi connectivity index (χ1) is 15.2. The van der Waals surface area contributed by atoms with Crippen molar-refractivity contribution in [2.45, 2.75) is 19.8 Å². The van der Waals surface area contributed by atoms with Crippen LogP contribution in [-0.4, -0.2) is 80.2 Å². The third kappa shape index (κ3) is 5.75. The number of halogens is 1. The molecule has 2 saturated heterocycles. The number of hydrogen-bond acceptors (Lipinski definition) is 7. The second-order valence-corrected chi connectivity index (χ2v) is 8.75. The quantitative estimate of drug-likeness (QED) is 0.325. The van der Waals surface area contributed by atoms with Crippen molar-refractivity contribution in [2.24, 2.45) is 10.9 Å². The Morgan fingerprint density at radius 2 is 1.97 bits per heavy atom. The van der Waals surface area contributed by atoms with E-state index in [1.165, 1.54) is 23.6 Å². The molecule has 0 spiro atoms. The molecule has 1 unspecified atom stereocenters. The zero-order chi connectivity index (χ0) is 21.6. The fourth-order valence-corrected chi connectivity index (χ4v) is 5.10. The van der Waals surface area contributed by atoms with Crippen LogP contribution in [0.4, 0.5) is 10.8 Å². The summed E-state index contributed by atoms with van der Waals surface area (Å²) in [7, 11) is 3.62. The lowest BCUT2D eigenvalue weighted by atomic mass is 10.1. The highest BCUT2D eigenvalue weighted by Gasteiger charge is 2.26. The number of methoxy groups -OCH3 is 1. The Bertz CT molecular complexity index is 885. The summed E-state index contributed by atoms with van der Waals surface area (Å²) in [5.41, 5.74) is 1.19. The first kappa shape index (κ1) is 24.8. The predicted molar refractivity (Wildman–Crippen MR) is 143 cm³/mol. The number of aryl methyl sites for hydroxylation is 1. The molecule has 3 heterocycles. The lowest BCUT2D eigenvalue weighted by molar-refractivity contribution is 0.369. The van der Waals surface area contributed by atoms with Crippen molar-refractivity contribution in [3.8, 4) is 5.75 Å². The summed E-state index contributed by atoms with van der Waals surface area (Å²) in [4.78, 5) is 16.3. The first-order valence-corrected chi connectivity index (χ1v) is 11.9. The minimum absolute atomic E-state index is 0. The molecule has 8 nitrogen and oxygen atoms in total. The molecule has 0 saturated carbocycles. The van der Waals surface area contributed by atoms with E-state index in [0.717, 1.165) is 74.9 Å².